The molecule has 2 rings (SSSR count). The Morgan fingerprint density at radius 2 is 2.00 bits per heavy atom. The van der Waals surface area contributed by atoms with Crippen LogP contribution in [-0.2, 0) is 9.53 Å². The molecule has 0 radical (unpaired) electrons. The van der Waals surface area contributed by atoms with Crippen molar-refractivity contribution in [1.29, 1.82) is 0 Å². The zero-order valence-electron chi connectivity index (χ0n) is 11.5. The van der Waals surface area contributed by atoms with Gasteiger partial charge in [-0.15, -0.1) is 0 Å². The molecule has 1 aromatic heterocycles. The van der Waals surface area contributed by atoms with Crippen LogP contribution in [0.3, 0.4) is 0 Å². The van der Waals surface area contributed by atoms with Gasteiger partial charge >= 0.3 is 5.97 Å². The molecule has 1 heterocycles. The lowest BCUT2D eigenvalue weighted by molar-refractivity contribution is -0.139. The summed E-state index contributed by atoms with van der Waals surface area (Å²) in [6, 6.07) is 8.91. The third-order valence-electron chi connectivity index (χ3n) is 2.89. The van der Waals surface area contributed by atoms with Gasteiger partial charge in [-0.3, -0.25) is 0 Å². The fourth-order valence-corrected chi connectivity index (χ4v) is 1.78. The van der Waals surface area contributed by atoms with Crippen molar-refractivity contribution in [3.63, 3.8) is 0 Å². The van der Waals surface area contributed by atoms with Crippen LogP contribution in [-0.4, -0.2) is 17.7 Å². The summed E-state index contributed by atoms with van der Waals surface area (Å²) in [6.45, 7) is 5.37. The Bertz CT molecular complexity index is 643. The second-order valence-electron chi connectivity index (χ2n) is 4.36. The summed E-state index contributed by atoms with van der Waals surface area (Å²) in [7, 11) is 0. The molecule has 21 heavy (non-hydrogen) atoms. The second kappa shape index (κ2) is 6.37. The molecule has 1 N–H and O–H groups in total. The van der Waals surface area contributed by atoms with Gasteiger partial charge in [-0.2, -0.15) is 0 Å². The number of furan rings is 1. The molecule has 0 fully saturated rings. The number of halogens is 1. The standard InChI is InChI=1S/C16H15FO4/c1-3-20-16(19)10(2)15(18)14-9-8-13(21-14)11-4-6-12(17)7-5-11/h4-9,15,18H,2-3H2,1H3. The van der Waals surface area contributed by atoms with Crippen molar-refractivity contribution in [2.24, 2.45) is 0 Å². The van der Waals surface area contributed by atoms with Crippen LogP contribution in [0.4, 0.5) is 4.39 Å². The fraction of sp³-hybridized carbons (Fsp3) is 0.188. The van der Waals surface area contributed by atoms with Gasteiger partial charge in [-0.1, -0.05) is 6.58 Å². The average molecular weight is 290 g/mol. The van der Waals surface area contributed by atoms with Crippen LogP contribution < -0.4 is 0 Å². The molecular formula is C16H15FO4. The minimum Gasteiger partial charge on any atom is -0.463 e. The van der Waals surface area contributed by atoms with E-state index in [2.05, 4.69) is 6.58 Å². The Balaban J connectivity index is 2.17. The van der Waals surface area contributed by atoms with E-state index < -0.39 is 12.1 Å². The molecule has 1 aromatic carbocycles. The molecule has 2 aromatic rings. The number of ether oxygens (including phenoxy) is 1. The van der Waals surface area contributed by atoms with Gasteiger partial charge in [-0.05, 0) is 43.3 Å². The van der Waals surface area contributed by atoms with Gasteiger partial charge in [0.15, 0.2) is 0 Å². The highest BCUT2D eigenvalue weighted by Crippen LogP contribution is 2.28. The predicted octanol–water partition coefficient (Wildman–Crippen LogP) is 3.24. The molecular weight excluding hydrogens is 275 g/mol. The van der Waals surface area contributed by atoms with Crippen molar-refractivity contribution in [3.05, 3.63) is 60.1 Å². The lowest BCUT2D eigenvalue weighted by atomic mass is 10.1. The van der Waals surface area contributed by atoms with E-state index in [-0.39, 0.29) is 23.8 Å². The molecule has 1 atom stereocenters. The van der Waals surface area contributed by atoms with Gasteiger partial charge in [-0.25, -0.2) is 9.18 Å². The number of aliphatic hydroxyl groups is 1. The first kappa shape index (κ1) is 15.0. The van der Waals surface area contributed by atoms with Crippen molar-refractivity contribution in [3.8, 4) is 11.3 Å². The van der Waals surface area contributed by atoms with Crippen molar-refractivity contribution in [2.75, 3.05) is 6.61 Å². The molecule has 5 heteroatoms. The number of benzene rings is 1. The highest BCUT2D eigenvalue weighted by atomic mass is 19.1. The monoisotopic (exact) mass is 290 g/mol. The average Bonchev–Trinajstić information content (AvgIpc) is 2.96. The minimum atomic E-state index is -1.28. The second-order valence-corrected chi connectivity index (χ2v) is 4.36. The maximum Gasteiger partial charge on any atom is 0.336 e. The minimum absolute atomic E-state index is 0.100. The zero-order chi connectivity index (χ0) is 15.4. The number of aliphatic hydroxyl groups excluding tert-OH is 1. The first-order valence-corrected chi connectivity index (χ1v) is 6.42. The molecule has 1 unspecified atom stereocenters. The largest absolute Gasteiger partial charge is 0.463 e. The van der Waals surface area contributed by atoms with Crippen molar-refractivity contribution in [2.45, 2.75) is 13.0 Å². The van der Waals surface area contributed by atoms with Crippen molar-refractivity contribution in [1.82, 2.24) is 0 Å². The Labute approximate surface area is 121 Å². The first-order chi connectivity index (χ1) is 10.0. The predicted molar refractivity (Wildman–Crippen MR) is 74.8 cm³/mol. The zero-order valence-corrected chi connectivity index (χ0v) is 11.5. The summed E-state index contributed by atoms with van der Waals surface area (Å²) in [6.07, 6.45) is -1.28. The third-order valence-corrected chi connectivity index (χ3v) is 2.89. The molecule has 0 saturated carbocycles. The lowest BCUT2D eigenvalue weighted by Crippen LogP contribution is -2.13. The Morgan fingerprint density at radius 3 is 2.62 bits per heavy atom. The molecule has 0 aliphatic rings. The topological polar surface area (TPSA) is 59.7 Å². The van der Waals surface area contributed by atoms with Gasteiger partial charge in [0, 0.05) is 5.56 Å². The van der Waals surface area contributed by atoms with Crippen LogP contribution in [0.2, 0.25) is 0 Å². The lowest BCUT2D eigenvalue weighted by Gasteiger charge is -2.10. The summed E-state index contributed by atoms with van der Waals surface area (Å²) in [5.74, 6) is -0.390. The van der Waals surface area contributed by atoms with Crippen molar-refractivity contribution >= 4 is 5.97 Å². The number of hydrogen-bond donors (Lipinski definition) is 1. The summed E-state index contributed by atoms with van der Waals surface area (Å²) < 4.78 is 23.1. The van der Waals surface area contributed by atoms with E-state index in [1.807, 2.05) is 0 Å². The molecule has 0 aliphatic carbocycles. The van der Waals surface area contributed by atoms with Crippen LogP contribution in [0.5, 0.6) is 0 Å². The van der Waals surface area contributed by atoms with E-state index in [1.54, 1.807) is 25.1 Å². The molecule has 0 bridgehead atoms. The quantitative estimate of drug-likeness (QED) is 0.678. The highest BCUT2D eigenvalue weighted by molar-refractivity contribution is 5.88. The third kappa shape index (κ3) is 3.38. The number of carbonyl (C=O) groups is 1. The number of esters is 1. The smallest absolute Gasteiger partial charge is 0.336 e. The SMILES string of the molecule is C=C(C(=O)OCC)C(O)c1ccc(-c2ccc(F)cc2)o1. The van der Waals surface area contributed by atoms with Crippen LogP contribution >= 0.6 is 0 Å². The van der Waals surface area contributed by atoms with Gasteiger partial charge < -0.3 is 14.3 Å². The summed E-state index contributed by atoms with van der Waals surface area (Å²) in [5.41, 5.74) is 0.563. The van der Waals surface area contributed by atoms with E-state index in [9.17, 15) is 14.3 Å². The maximum atomic E-state index is 12.9. The summed E-state index contributed by atoms with van der Waals surface area (Å²) in [5, 5.41) is 10.0. The number of carbonyl (C=O) groups excluding carboxylic acids is 1. The van der Waals surface area contributed by atoms with Gasteiger partial charge in [0.25, 0.3) is 0 Å². The number of rotatable bonds is 5. The molecule has 0 spiro atoms. The summed E-state index contributed by atoms with van der Waals surface area (Å²) >= 11 is 0. The van der Waals surface area contributed by atoms with Crippen molar-refractivity contribution < 1.29 is 23.4 Å². The normalized spacial score (nSPS) is 12.0. The molecule has 110 valence electrons. The van der Waals surface area contributed by atoms with E-state index in [1.165, 1.54) is 18.2 Å². The van der Waals surface area contributed by atoms with E-state index in [0.717, 1.165) is 0 Å². The summed E-state index contributed by atoms with van der Waals surface area (Å²) in [4.78, 5) is 11.5. The van der Waals surface area contributed by atoms with Gasteiger partial charge in [0.1, 0.15) is 23.4 Å². The molecule has 0 amide bonds. The molecule has 0 saturated heterocycles. The molecule has 4 nitrogen and oxygen atoms in total. The number of hydrogen-bond acceptors (Lipinski definition) is 4. The van der Waals surface area contributed by atoms with Crippen LogP contribution in [0.1, 0.15) is 18.8 Å². The van der Waals surface area contributed by atoms with E-state index in [0.29, 0.717) is 11.3 Å². The Hall–Kier alpha value is -2.40. The van der Waals surface area contributed by atoms with Crippen LogP contribution in [0, 0.1) is 5.82 Å². The van der Waals surface area contributed by atoms with Crippen LogP contribution in [0.25, 0.3) is 11.3 Å². The van der Waals surface area contributed by atoms with E-state index >= 15 is 0 Å². The van der Waals surface area contributed by atoms with Crippen LogP contribution in [0.15, 0.2) is 53.0 Å². The van der Waals surface area contributed by atoms with Gasteiger partial charge in [0.05, 0.1) is 12.2 Å². The maximum absolute atomic E-state index is 12.9. The Morgan fingerprint density at radius 1 is 1.33 bits per heavy atom. The van der Waals surface area contributed by atoms with Gasteiger partial charge in [0.2, 0.25) is 0 Å². The molecule has 0 aliphatic heterocycles. The Kier molecular flexibility index (Phi) is 4.55. The highest BCUT2D eigenvalue weighted by Gasteiger charge is 2.22. The van der Waals surface area contributed by atoms with E-state index in [4.69, 9.17) is 9.15 Å². The fourth-order valence-electron chi connectivity index (χ4n) is 1.78. The first-order valence-electron chi connectivity index (χ1n) is 6.42.